The van der Waals surface area contributed by atoms with E-state index < -0.39 is 0 Å². The Balaban J connectivity index is 2.54. The summed E-state index contributed by atoms with van der Waals surface area (Å²) in [6.45, 7) is 8.32. The summed E-state index contributed by atoms with van der Waals surface area (Å²) in [5.74, 6) is 2.25. The van der Waals surface area contributed by atoms with Crippen molar-refractivity contribution in [2.24, 2.45) is 0 Å². The van der Waals surface area contributed by atoms with Crippen LogP contribution in [0.15, 0.2) is 24.3 Å². The molecule has 0 N–H and O–H groups in total. The standard InChI is InChI=1S/C17H22N2O2/c1-11-9-13(19-16(18-11)17(2,3)4)12-7-8-14(20-5)15(10-12)21-6/h7-10H,1-6H3. The fraction of sp³-hybridized carbons (Fsp3) is 0.412. The number of hydrogen-bond donors (Lipinski definition) is 0. The normalized spacial score (nSPS) is 11.3. The average Bonchev–Trinajstić information content (AvgIpc) is 2.45. The highest BCUT2D eigenvalue weighted by atomic mass is 16.5. The second-order valence-corrected chi connectivity index (χ2v) is 6.04. The molecule has 4 nitrogen and oxygen atoms in total. The molecule has 0 aliphatic rings. The van der Waals surface area contributed by atoms with Crippen LogP contribution in [0.25, 0.3) is 11.3 Å². The molecule has 1 aromatic carbocycles. The Morgan fingerprint density at radius 2 is 1.57 bits per heavy atom. The zero-order valence-corrected chi connectivity index (χ0v) is 13.5. The summed E-state index contributed by atoms with van der Waals surface area (Å²) >= 11 is 0. The third kappa shape index (κ3) is 3.32. The topological polar surface area (TPSA) is 44.2 Å². The van der Waals surface area contributed by atoms with Gasteiger partial charge < -0.3 is 9.47 Å². The summed E-state index contributed by atoms with van der Waals surface area (Å²) in [4.78, 5) is 9.24. The van der Waals surface area contributed by atoms with Crippen LogP contribution in [-0.2, 0) is 5.41 Å². The molecule has 1 aromatic heterocycles. The van der Waals surface area contributed by atoms with E-state index in [2.05, 4.69) is 25.8 Å². The van der Waals surface area contributed by atoms with Gasteiger partial charge in [-0.05, 0) is 31.2 Å². The molecule has 0 aliphatic heterocycles. The third-order valence-electron chi connectivity index (χ3n) is 3.20. The van der Waals surface area contributed by atoms with Gasteiger partial charge in [0.15, 0.2) is 11.5 Å². The van der Waals surface area contributed by atoms with E-state index in [0.29, 0.717) is 11.5 Å². The zero-order valence-electron chi connectivity index (χ0n) is 13.5. The number of benzene rings is 1. The Morgan fingerprint density at radius 1 is 0.905 bits per heavy atom. The number of nitrogens with zero attached hydrogens (tertiary/aromatic N) is 2. The zero-order chi connectivity index (χ0) is 15.6. The van der Waals surface area contributed by atoms with E-state index in [4.69, 9.17) is 14.5 Å². The van der Waals surface area contributed by atoms with Gasteiger partial charge in [0.1, 0.15) is 5.82 Å². The van der Waals surface area contributed by atoms with Gasteiger partial charge in [-0.3, -0.25) is 0 Å². The molecule has 112 valence electrons. The minimum atomic E-state index is -0.0860. The van der Waals surface area contributed by atoms with Crippen molar-refractivity contribution in [2.75, 3.05) is 14.2 Å². The van der Waals surface area contributed by atoms with Crippen LogP contribution in [0.1, 0.15) is 32.3 Å². The van der Waals surface area contributed by atoms with Crippen molar-refractivity contribution in [3.63, 3.8) is 0 Å². The van der Waals surface area contributed by atoms with E-state index in [1.807, 2.05) is 31.2 Å². The maximum absolute atomic E-state index is 5.36. The first-order chi connectivity index (χ1) is 9.85. The highest BCUT2D eigenvalue weighted by Crippen LogP contribution is 2.32. The smallest absolute Gasteiger partial charge is 0.161 e. The van der Waals surface area contributed by atoms with Crippen molar-refractivity contribution < 1.29 is 9.47 Å². The Morgan fingerprint density at radius 3 is 2.14 bits per heavy atom. The maximum atomic E-state index is 5.36. The Hall–Kier alpha value is -2.10. The molecule has 2 rings (SSSR count). The van der Waals surface area contributed by atoms with Gasteiger partial charge in [-0.15, -0.1) is 0 Å². The van der Waals surface area contributed by atoms with Crippen LogP contribution in [0.4, 0.5) is 0 Å². The van der Waals surface area contributed by atoms with Crippen molar-refractivity contribution in [3.8, 4) is 22.8 Å². The monoisotopic (exact) mass is 286 g/mol. The molecule has 4 heteroatoms. The number of methoxy groups -OCH3 is 2. The molecule has 0 bridgehead atoms. The molecule has 0 amide bonds. The first-order valence-corrected chi connectivity index (χ1v) is 6.93. The first kappa shape index (κ1) is 15.3. The van der Waals surface area contributed by atoms with Gasteiger partial charge in [0.2, 0.25) is 0 Å². The molecular weight excluding hydrogens is 264 g/mol. The summed E-state index contributed by atoms with van der Waals surface area (Å²) in [5, 5.41) is 0. The lowest BCUT2D eigenvalue weighted by Gasteiger charge is -2.18. The van der Waals surface area contributed by atoms with Gasteiger partial charge in [0, 0.05) is 16.7 Å². The Bertz CT molecular complexity index is 646. The molecule has 0 saturated heterocycles. The van der Waals surface area contributed by atoms with Crippen molar-refractivity contribution in [1.29, 1.82) is 0 Å². The maximum Gasteiger partial charge on any atom is 0.161 e. The number of hydrogen-bond acceptors (Lipinski definition) is 4. The van der Waals surface area contributed by atoms with E-state index in [1.54, 1.807) is 14.2 Å². The van der Waals surface area contributed by atoms with Gasteiger partial charge in [-0.2, -0.15) is 0 Å². The Kier molecular flexibility index (Phi) is 4.16. The van der Waals surface area contributed by atoms with Gasteiger partial charge in [-0.1, -0.05) is 20.8 Å². The van der Waals surface area contributed by atoms with Crippen LogP contribution >= 0.6 is 0 Å². The predicted molar refractivity (Wildman–Crippen MR) is 84.0 cm³/mol. The highest BCUT2D eigenvalue weighted by molar-refractivity contribution is 5.64. The summed E-state index contributed by atoms with van der Waals surface area (Å²) in [6.07, 6.45) is 0. The lowest BCUT2D eigenvalue weighted by Crippen LogP contribution is -2.17. The van der Waals surface area contributed by atoms with Crippen molar-refractivity contribution in [1.82, 2.24) is 9.97 Å². The molecular formula is C17H22N2O2. The van der Waals surface area contributed by atoms with Crippen molar-refractivity contribution in [2.45, 2.75) is 33.1 Å². The quantitative estimate of drug-likeness (QED) is 0.861. The molecule has 1 heterocycles. The van der Waals surface area contributed by atoms with Crippen LogP contribution in [0.2, 0.25) is 0 Å². The third-order valence-corrected chi connectivity index (χ3v) is 3.20. The lowest BCUT2D eigenvalue weighted by atomic mass is 9.95. The lowest BCUT2D eigenvalue weighted by molar-refractivity contribution is 0.355. The minimum Gasteiger partial charge on any atom is -0.493 e. The van der Waals surface area contributed by atoms with Crippen LogP contribution in [-0.4, -0.2) is 24.2 Å². The number of aryl methyl sites for hydroxylation is 1. The van der Waals surface area contributed by atoms with Crippen LogP contribution < -0.4 is 9.47 Å². The van der Waals surface area contributed by atoms with Gasteiger partial charge >= 0.3 is 0 Å². The van der Waals surface area contributed by atoms with E-state index in [-0.39, 0.29) is 5.41 Å². The summed E-state index contributed by atoms with van der Waals surface area (Å²) in [7, 11) is 3.26. The SMILES string of the molecule is COc1ccc(-c2cc(C)nc(C(C)(C)C)n2)cc1OC. The van der Waals surface area contributed by atoms with Crippen molar-refractivity contribution in [3.05, 3.63) is 35.8 Å². The first-order valence-electron chi connectivity index (χ1n) is 6.93. The summed E-state index contributed by atoms with van der Waals surface area (Å²) in [5.41, 5.74) is 2.76. The van der Waals surface area contributed by atoms with Gasteiger partial charge in [0.05, 0.1) is 19.9 Å². The average molecular weight is 286 g/mol. The fourth-order valence-corrected chi connectivity index (χ4v) is 2.05. The van der Waals surface area contributed by atoms with Crippen LogP contribution in [0, 0.1) is 6.92 Å². The number of rotatable bonds is 3. The van der Waals surface area contributed by atoms with Crippen LogP contribution in [0.5, 0.6) is 11.5 Å². The summed E-state index contributed by atoms with van der Waals surface area (Å²) < 4.78 is 10.6. The van der Waals surface area contributed by atoms with Gasteiger partial charge in [-0.25, -0.2) is 9.97 Å². The van der Waals surface area contributed by atoms with E-state index in [0.717, 1.165) is 22.8 Å². The summed E-state index contributed by atoms with van der Waals surface area (Å²) in [6, 6.07) is 7.79. The van der Waals surface area contributed by atoms with E-state index >= 15 is 0 Å². The molecule has 0 saturated carbocycles. The largest absolute Gasteiger partial charge is 0.493 e. The molecule has 0 spiro atoms. The Labute approximate surface area is 126 Å². The molecule has 0 radical (unpaired) electrons. The van der Waals surface area contributed by atoms with Crippen LogP contribution in [0.3, 0.4) is 0 Å². The molecule has 0 atom stereocenters. The minimum absolute atomic E-state index is 0.0860. The molecule has 0 aliphatic carbocycles. The van der Waals surface area contributed by atoms with E-state index in [9.17, 15) is 0 Å². The molecule has 21 heavy (non-hydrogen) atoms. The number of aromatic nitrogens is 2. The highest BCUT2D eigenvalue weighted by Gasteiger charge is 2.19. The molecule has 0 unspecified atom stereocenters. The molecule has 0 fully saturated rings. The second kappa shape index (κ2) is 5.72. The van der Waals surface area contributed by atoms with Crippen molar-refractivity contribution >= 4 is 0 Å². The van der Waals surface area contributed by atoms with Gasteiger partial charge in [0.25, 0.3) is 0 Å². The fourth-order valence-electron chi connectivity index (χ4n) is 2.05. The second-order valence-electron chi connectivity index (χ2n) is 6.04. The predicted octanol–water partition coefficient (Wildman–Crippen LogP) is 3.77. The number of ether oxygens (including phenoxy) is 2. The van der Waals surface area contributed by atoms with E-state index in [1.165, 1.54) is 0 Å². The molecule has 2 aromatic rings.